The average Bonchev–Trinajstić information content (AvgIpc) is 3.20. The first-order valence-electron chi connectivity index (χ1n) is 9.77. The van der Waals surface area contributed by atoms with Crippen LogP contribution in [-0.2, 0) is 16.0 Å². The molecule has 1 heterocycles. The van der Waals surface area contributed by atoms with Crippen molar-refractivity contribution in [2.75, 3.05) is 13.2 Å². The number of carbonyl (C=O) groups is 1. The molecule has 0 saturated carbocycles. The number of ether oxygens (including phenoxy) is 2. The van der Waals surface area contributed by atoms with Crippen molar-refractivity contribution in [2.24, 2.45) is 0 Å². The molecule has 0 fully saturated rings. The monoisotopic (exact) mass is 402 g/mol. The van der Waals surface area contributed by atoms with E-state index in [2.05, 4.69) is 24.3 Å². The van der Waals surface area contributed by atoms with Crippen molar-refractivity contribution in [3.8, 4) is 5.75 Å². The van der Waals surface area contributed by atoms with Gasteiger partial charge >= 0.3 is 5.97 Å². The maximum absolute atomic E-state index is 10.8. The van der Waals surface area contributed by atoms with Crippen molar-refractivity contribution in [3.63, 3.8) is 0 Å². The molecule has 0 aliphatic heterocycles. The largest absolute Gasteiger partial charge is 0.479 e. The van der Waals surface area contributed by atoms with Crippen LogP contribution in [0.3, 0.4) is 0 Å². The van der Waals surface area contributed by atoms with Crippen molar-refractivity contribution in [2.45, 2.75) is 12.5 Å². The van der Waals surface area contributed by atoms with Gasteiger partial charge in [0.2, 0.25) is 0 Å². The third-order valence-electron chi connectivity index (χ3n) is 4.86. The fraction of sp³-hybridized carbons (Fsp3) is 0.160. The van der Waals surface area contributed by atoms with Crippen LogP contribution in [0.1, 0.15) is 22.8 Å². The van der Waals surface area contributed by atoms with Gasteiger partial charge in [-0.15, -0.1) is 0 Å². The molecule has 1 aromatic heterocycles. The van der Waals surface area contributed by atoms with Crippen LogP contribution in [0.2, 0.25) is 0 Å². The highest BCUT2D eigenvalue weighted by atomic mass is 16.5. The Morgan fingerprint density at radius 3 is 2.20 bits per heavy atom. The molecule has 0 atom stereocenters. The second-order valence-electron chi connectivity index (χ2n) is 6.90. The lowest BCUT2D eigenvalue weighted by atomic mass is 10.0. The Balaban J connectivity index is 1.49. The van der Waals surface area contributed by atoms with E-state index in [0.29, 0.717) is 24.4 Å². The molecule has 3 aromatic carbocycles. The summed E-state index contributed by atoms with van der Waals surface area (Å²) in [7, 11) is 0. The van der Waals surface area contributed by atoms with E-state index in [1.807, 2.05) is 48.5 Å². The predicted molar refractivity (Wildman–Crippen MR) is 114 cm³/mol. The van der Waals surface area contributed by atoms with Gasteiger partial charge in [-0.2, -0.15) is 0 Å². The summed E-state index contributed by atoms with van der Waals surface area (Å²) in [5.74, 6) is -0.603. The van der Waals surface area contributed by atoms with Gasteiger partial charge in [-0.1, -0.05) is 72.8 Å². The summed E-state index contributed by atoms with van der Waals surface area (Å²) in [5, 5.41) is 9.74. The molecule has 0 unspecified atom stereocenters. The number of rotatable bonds is 9. The number of para-hydroxylation sites is 1. The summed E-state index contributed by atoms with van der Waals surface area (Å²) < 4.78 is 17.3. The van der Waals surface area contributed by atoms with Crippen LogP contribution in [0, 0.1) is 0 Å². The zero-order chi connectivity index (χ0) is 20.8. The molecule has 0 aliphatic carbocycles. The summed E-state index contributed by atoms with van der Waals surface area (Å²) in [6, 6.07) is 25.8. The van der Waals surface area contributed by atoms with Gasteiger partial charge in [-0.05, 0) is 23.6 Å². The van der Waals surface area contributed by atoms with Crippen LogP contribution in [0.4, 0.5) is 0 Å². The molecular formula is C25H22O5. The highest BCUT2D eigenvalue weighted by Gasteiger charge is 2.16. The molecular weight excluding hydrogens is 380 g/mol. The average molecular weight is 402 g/mol. The molecule has 0 radical (unpaired) electrons. The molecule has 0 saturated heterocycles. The van der Waals surface area contributed by atoms with E-state index in [1.165, 1.54) is 0 Å². The molecule has 4 rings (SSSR count). The molecule has 4 aromatic rings. The molecule has 1 N–H and O–H groups in total. The first kappa shape index (κ1) is 19.7. The van der Waals surface area contributed by atoms with Gasteiger partial charge in [-0.25, -0.2) is 4.79 Å². The van der Waals surface area contributed by atoms with Crippen LogP contribution in [0.15, 0.2) is 89.5 Å². The smallest absolute Gasteiger partial charge is 0.341 e. The lowest BCUT2D eigenvalue weighted by molar-refractivity contribution is -0.139. The first-order chi connectivity index (χ1) is 14.7. The van der Waals surface area contributed by atoms with Gasteiger partial charge in [0.25, 0.3) is 0 Å². The Hall–Kier alpha value is -3.57. The van der Waals surface area contributed by atoms with Gasteiger partial charge in [0.15, 0.2) is 17.9 Å². The SMILES string of the molecule is O=C(O)COc1cccc2c(CCOC(c3ccccc3)c3ccccc3)coc12. The number of hydrogen-bond acceptors (Lipinski definition) is 4. The van der Waals surface area contributed by atoms with E-state index in [4.69, 9.17) is 19.0 Å². The van der Waals surface area contributed by atoms with Gasteiger partial charge < -0.3 is 19.0 Å². The molecule has 5 nitrogen and oxygen atoms in total. The van der Waals surface area contributed by atoms with E-state index in [0.717, 1.165) is 22.1 Å². The van der Waals surface area contributed by atoms with Crippen LogP contribution >= 0.6 is 0 Å². The summed E-state index contributed by atoms with van der Waals surface area (Å²) >= 11 is 0. The van der Waals surface area contributed by atoms with E-state index < -0.39 is 12.6 Å². The normalized spacial score (nSPS) is 11.1. The lowest BCUT2D eigenvalue weighted by Gasteiger charge is -2.19. The van der Waals surface area contributed by atoms with Crippen LogP contribution < -0.4 is 4.74 Å². The minimum Gasteiger partial charge on any atom is -0.479 e. The Morgan fingerprint density at radius 1 is 0.900 bits per heavy atom. The molecule has 0 amide bonds. The minimum atomic E-state index is -1.03. The summed E-state index contributed by atoms with van der Waals surface area (Å²) in [6.07, 6.45) is 2.19. The quantitative estimate of drug-likeness (QED) is 0.414. The number of aliphatic carboxylic acids is 1. The molecule has 30 heavy (non-hydrogen) atoms. The number of carboxylic acid groups (broad SMARTS) is 1. The van der Waals surface area contributed by atoms with Crippen LogP contribution in [0.5, 0.6) is 5.75 Å². The molecule has 0 aliphatic rings. The van der Waals surface area contributed by atoms with E-state index >= 15 is 0 Å². The maximum atomic E-state index is 10.8. The molecule has 0 spiro atoms. The first-order valence-corrected chi connectivity index (χ1v) is 9.77. The number of hydrogen-bond donors (Lipinski definition) is 1. The third-order valence-corrected chi connectivity index (χ3v) is 4.86. The summed E-state index contributed by atoms with van der Waals surface area (Å²) in [4.78, 5) is 10.8. The van der Waals surface area contributed by atoms with Gasteiger partial charge in [-0.3, -0.25) is 0 Å². The van der Waals surface area contributed by atoms with Crippen molar-refractivity contribution in [1.29, 1.82) is 0 Å². The second-order valence-corrected chi connectivity index (χ2v) is 6.90. The molecule has 5 heteroatoms. The fourth-order valence-corrected chi connectivity index (χ4v) is 3.46. The van der Waals surface area contributed by atoms with E-state index in [9.17, 15) is 4.79 Å². The van der Waals surface area contributed by atoms with Gasteiger partial charge in [0.1, 0.15) is 6.10 Å². The third kappa shape index (κ3) is 4.53. The van der Waals surface area contributed by atoms with Gasteiger partial charge in [0.05, 0.1) is 12.9 Å². The van der Waals surface area contributed by atoms with Crippen molar-refractivity contribution in [3.05, 3.63) is 102 Å². The van der Waals surface area contributed by atoms with Crippen molar-refractivity contribution in [1.82, 2.24) is 0 Å². The zero-order valence-corrected chi connectivity index (χ0v) is 16.4. The van der Waals surface area contributed by atoms with E-state index in [-0.39, 0.29) is 6.10 Å². The van der Waals surface area contributed by atoms with E-state index in [1.54, 1.807) is 12.3 Å². The van der Waals surface area contributed by atoms with Gasteiger partial charge in [0, 0.05) is 10.9 Å². The second kappa shape index (κ2) is 9.29. The number of benzene rings is 3. The maximum Gasteiger partial charge on any atom is 0.341 e. The number of carboxylic acids is 1. The Labute approximate surface area is 174 Å². The molecule has 0 bridgehead atoms. The Morgan fingerprint density at radius 2 is 1.57 bits per heavy atom. The fourth-order valence-electron chi connectivity index (χ4n) is 3.46. The zero-order valence-electron chi connectivity index (χ0n) is 16.4. The Bertz CT molecular complexity index is 1060. The van der Waals surface area contributed by atoms with Crippen molar-refractivity contribution >= 4 is 16.9 Å². The number of furan rings is 1. The minimum absolute atomic E-state index is 0.153. The topological polar surface area (TPSA) is 68.9 Å². The number of fused-ring (bicyclic) bond motifs is 1. The van der Waals surface area contributed by atoms with Crippen molar-refractivity contribution < 1.29 is 23.8 Å². The van der Waals surface area contributed by atoms with Crippen LogP contribution in [0.25, 0.3) is 11.0 Å². The lowest BCUT2D eigenvalue weighted by Crippen LogP contribution is -2.09. The Kier molecular flexibility index (Phi) is 6.11. The van der Waals surface area contributed by atoms with Crippen LogP contribution in [-0.4, -0.2) is 24.3 Å². The standard InChI is InChI=1S/C25H22O5/c26-23(27)17-29-22-13-7-12-21-20(16-30-25(21)22)14-15-28-24(18-8-3-1-4-9-18)19-10-5-2-6-11-19/h1-13,16,24H,14-15,17H2,(H,26,27). The highest BCUT2D eigenvalue weighted by molar-refractivity contribution is 5.86. The highest BCUT2D eigenvalue weighted by Crippen LogP contribution is 2.31. The predicted octanol–water partition coefficient (Wildman–Crippen LogP) is 5.24. The summed E-state index contributed by atoms with van der Waals surface area (Å²) in [6.45, 7) is 0.0946. The summed E-state index contributed by atoms with van der Waals surface area (Å²) in [5.41, 5.74) is 3.75. The molecule has 152 valence electrons.